The second-order valence-electron chi connectivity index (χ2n) is 8.49. The first kappa shape index (κ1) is 26.4. The van der Waals surface area contributed by atoms with Crippen LogP contribution >= 0.6 is 0 Å². The van der Waals surface area contributed by atoms with E-state index < -0.39 is 23.5 Å². The van der Waals surface area contributed by atoms with Crippen LogP contribution in [0.1, 0.15) is 65.4 Å². The van der Waals surface area contributed by atoms with Crippen LogP contribution in [0.4, 0.5) is 4.79 Å². The SMILES string of the molecule is CCCCCC(CN(O)C=O)C(=O)NN(CCCc1cccnc1)C(=O)OC(C)(C)C. The third-order valence-corrected chi connectivity index (χ3v) is 4.49. The number of aromatic nitrogens is 1. The van der Waals surface area contributed by atoms with E-state index in [9.17, 15) is 19.6 Å². The molecule has 0 aromatic carbocycles. The summed E-state index contributed by atoms with van der Waals surface area (Å²) in [6.07, 6.45) is 7.49. The third kappa shape index (κ3) is 11.3. The van der Waals surface area contributed by atoms with Crippen molar-refractivity contribution in [3.8, 4) is 0 Å². The predicted octanol–water partition coefficient (Wildman–Crippen LogP) is 3.33. The molecule has 1 unspecified atom stereocenters. The van der Waals surface area contributed by atoms with E-state index in [2.05, 4.69) is 10.4 Å². The fourth-order valence-electron chi connectivity index (χ4n) is 2.94. The highest BCUT2D eigenvalue weighted by Crippen LogP contribution is 2.14. The Balaban J connectivity index is 2.83. The maximum atomic E-state index is 12.9. The van der Waals surface area contributed by atoms with Gasteiger partial charge in [0.05, 0.1) is 12.5 Å². The van der Waals surface area contributed by atoms with Crippen molar-refractivity contribution >= 4 is 18.4 Å². The molecule has 31 heavy (non-hydrogen) atoms. The minimum atomic E-state index is -0.719. The van der Waals surface area contributed by atoms with Crippen molar-refractivity contribution in [2.24, 2.45) is 5.92 Å². The van der Waals surface area contributed by atoms with E-state index in [1.54, 1.807) is 33.2 Å². The summed E-state index contributed by atoms with van der Waals surface area (Å²) in [5.74, 6) is -1.09. The second kappa shape index (κ2) is 13.6. The number of nitrogens with one attached hydrogen (secondary N) is 1. The number of rotatable bonds is 12. The molecule has 0 aliphatic carbocycles. The minimum absolute atomic E-state index is 0.142. The van der Waals surface area contributed by atoms with Gasteiger partial charge in [0.2, 0.25) is 12.3 Å². The van der Waals surface area contributed by atoms with Gasteiger partial charge in [0, 0.05) is 18.9 Å². The van der Waals surface area contributed by atoms with Gasteiger partial charge < -0.3 is 4.74 Å². The van der Waals surface area contributed by atoms with Crippen LogP contribution in [0.2, 0.25) is 0 Å². The Bertz CT molecular complexity index is 678. The molecule has 3 amide bonds. The van der Waals surface area contributed by atoms with Crippen LogP contribution in [0.5, 0.6) is 0 Å². The Morgan fingerprint density at radius 2 is 2.03 bits per heavy atom. The molecule has 0 saturated carbocycles. The summed E-state index contributed by atoms with van der Waals surface area (Å²) < 4.78 is 5.43. The Kier molecular flexibility index (Phi) is 11.6. The topological polar surface area (TPSA) is 112 Å². The van der Waals surface area contributed by atoms with Crippen LogP contribution < -0.4 is 5.43 Å². The summed E-state index contributed by atoms with van der Waals surface area (Å²) >= 11 is 0. The number of hydrogen-bond donors (Lipinski definition) is 2. The number of hydrazine groups is 1. The van der Waals surface area contributed by atoms with Crippen LogP contribution in [-0.2, 0) is 20.7 Å². The molecule has 1 heterocycles. The van der Waals surface area contributed by atoms with Crippen molar-refractivity contribution in [3.63, 3.8) is 0 Å². The zero-order valence-corrected chi connectivity index (χ0v) is 19.0. The van der Waals surface area contributed by atoms with E-state index in [4.69, 9.17) is 4.74 Å². The van der Waals surface area contributed by atoms with Crippen molar-refractivity contribution in [2.75, 3.05) is 13.1 Å². The van der Waals surface area contributed by atoms with E-state index >= 15 is 0 Å². The zero-order valence-electron chi connectivity index (χ0n) is 19.0. The molecular weight excluding hydrogens is 400 g/mol. The minimum Gasteiger partial charge on any atom is -0.442 e. The lowest BCUT2D eigenvalue weighted by molar-refractivity contribution is -0.155. The number of aryl methyl sites for hydroxylation is 1. The molecule has 1 aromatic rings. The maximum Gasteiger partial charge on any atom is 0.429 e. The number of carbonyl (C=O) groups is 3. The Morgan fingerprint density at radius 3 is 2.61 bits per heavy atom. The first-order chi connectivity index (χ1) is 14.7. The summed E-state index contributed by atoms with van der Waals surface area (Å²) in [5.41, 5.74) is 2.94. The molecule has 0 spiro atoms. The zero-order chi connectivity index (χ0) is 23.3. The highest BCUT2D eigenvalue weighted by atomic mass is 16.6. The number of hydroxylamine groups is 2. The number of pyridine rings is 1. The largest absolute Gasteiger partial charge is 0.442 e. The summed E-state index contributed by atoms with van der Waals surface area (Å²) in [5, 5.41) is 11.2. The van der Waals surface area contributed by atoms with Crippen LogP contribution in [0, 0.1) is 5.92 Å². The molecule has 1 atom stereocenters. The fourth-order valence-corrected chi connectivity index (χ4v) is 2.94. The molecular formula is C22H36N4O5. The smallest absolute Gasteiger partial charge is 0.429 e. The molecule has 0 radical (unpaired) electrons. The molecule has 1 rings (SSSR count). The first-order valence-electron chi connectivity index (χ1n) is 10.8. The van der Waals surface area contributed by atoms with Gasteiger partial charge in [-0.05, 0) is 51.7 Å². The van der Waals surface area contributed by atoms with Gasteiger partial charge in [-0.2, -0.15) is 0 Å². The summed E-state index contributed by atoms with van der Waals surface area (Å²) in [6.45, 7) is 7.40. The Labute approximate surface area is 184 Å². The molecule has 0 bridgehead atoms. The average Bonchev–Trinajstić information content (AvgIpc) is 2.71. The highest BCUT2D eigenvalue weighted by Gasteiger charge is 2.27. The number of unbranched alkanes of at least 4 members (excludes halogenated alkanes) is 2. The monoisotopic (exact) mass is 436 g/mol. The molecule has 0 aliphatic heterocycles. The lowest BCUT2D eigenvalue weighted by atomic mass is 10.0. The maximum absolute atomic E-state index is 12.9. The number of carbonyl (C=O) groups excluding carboxylic acids is 3. The van der Waals surface area contributed by atoms with Gasteiger partial charge in [0.15, 0.2) is 0 Å². The molecule has 9 nitrogen and oxygen atoms in total. The van der Waals surface area contributed by atoms with Crippen LogP contribution in [0.3, 0.4) is 0 Å². The van der Waals surface area contributed by atoms with Crippen molar-refractivity contribution in [1.29, 1.82) is 0 Å². The van der Waals surface area contributed by atoms with Gasteiger partial charge >= 0.3 is 6.09 Å². The van der Waals surface area contributed by atoms with Gasteiger partial charge in [-0.3, -0.25) is 25.2 Å². The van der Waals surface area contributed by atoms with Crippen molar-refractivity contribution in [3.05, 3.63) is 30.1 Å². The number of ether oxygens (including phenoxy) is 1. The normalized spacial score (nSPS) is 12.0. The van der Waals surface area contributed by atoms with Crippen molar-refractivity contribution in [1.82, 2.24) is 20.5 Å². The Hall–Kier alpha value is -2.68. The average molecular weight is 437 g/mol. The summed E-state index contributed by atoms with van der Waals surface area (Å²) in [4.78, 5) is 40.4. The van der Waals surface area contributed by atoms with E-state index in [1.807, 2.05) is 19.1 Å². The quantitative estimate of drug-likeness (QED) is 0.225. The van der Waals surface area contributed by atoms with Crippen molar-refractivity contribution < 1.29 is 24.3 Å². The predicted molar refractivity (Wildman–Crippen MR) is 116 cm³/mol. The van der Waals surface area contributed by atoms with Gasteiger partial charge in [0.1, 0.15) is 5.60 Å². The second-order valence-corrected chi connectivity index (χ2v) is 8.49. The lowest BCUT2D eigenvalue weighted by Gasteiger charge is -2.29. The summed E-state index contributed by atoms with van der Waals surface area (Å²) in [7, 11) is 0. The molecule has 174 valence electrons. The number of amides is 3. The van der Waals surface area contributed by atoms with Crippen molar-refractivity contribution in [2.45, 2.75) is 71.8 Å². The number of hydrogen-bond acceptors (Lipinski definition) is 6. The van der Waals surface area contributed by atoms with E-state index in [-0.39, 0.29) is 19.5 Å². The Morgan fingerprint density at radius 1 is 1.29 bits per heavy atom. The van der Waals surface area contributed by atoms with Gasteiger partial charge in [-0.25, -0.2) is 14.9 Å². The van der Waals surface area contributed by atoms with Gasteiger partial charge in [-0.1, -0.05) is 32.3 Å². The van der Waals surface area contributed by atoms with Gasteiger partial charge in [0.25, 0.3) is 0 Å². The third-order valence-electron chi connectivity index (χ3n) is 4.49. The molecule has 2 N–H and O–H groups in total. The lowest BCUT2D eigenvalue weighted by Crippen LogP contribution is -2.51. The van der Waals surface area contributed by atoms with Crippen LogP contribution in [0.15, 0.2) is 24.5 Å². The molecule has 0 fully saturated rings. The molecule has 0 aliphatic rings. The van der Waals surface area contributed by atoms with E-state index in [0.29, 0.717) is 24.3 Å². The summed E-state index contributed by atoms with van der Waals surface area (Å²) in [6, 6.07) is 3.79. The molecule has 9 heteroatoms. The molecule has 1 aromatic heterocycles. The van der Waals surface area contributed by atoms with E-state index in [1.165, 1.54) is 5.01 Å². The highest BCUT2D eigenvalue weighted by molar-refractivity contribution is 5.81. The van der Waals surface area contributed by atoms with Crippen LogP contribution in [0.25, 0.3) is 0 Å². The van der Waals surface area contributed by atoms with E-state index in [0.717, 1.165) is 24.8 Å². The number of nitrogens with zero attached hydrogens (tertiary/aromatic N) is 3. The standard InChI is InChI=1S/C22H36N4O5/c1-5-6-7-12-19(16-25(30)17-27)20(28)24-26(21(29)31-22(2,3)4)14-9-11-18-10-8-13-23-15-18/h8,10,13,15,17,19,30H,5-7,9,11-12,14,16H2,1-4H3,(H,24,28). The van der Waals surface area contributed by atoms with Crippen LogP contribution in [-0.4, -0.2) is 57.4 Å². The first-order valence-corrected chi connectivity index (χ1v) is 10.8. The van der Waals surface area contributed by atoms with Gasteiger partial charge in [-0.15, -0.1) is 0 Å². The fraction of sp³-hybridized carbons (Fsp3) is 0.636. The molecule has 0 saturated heterocycles.